The quantitative estimate of drug-likeness (QED) is 0.156. The Morgan fingerprint density at radius 2 is 1.37 bits per heavy atom. The Balaban J connectivity index is 3.17. The number of rotatable bonds is 11. The lowest BCUT2D eigenvalue weighted by Crippen LogP contribution is -2.48. The monoisotopic (exact) mass is 620 g/mol. The molecule has 43 heavy (non-hydrogen) atoms. The van der Waals surface area contributed by atoms with Crippen LogP contribution in [0.5, 0.6) is 0 Å². The van der Waals surface area contributed by atoms with Gasteiger partial charge in [0.1, 0.15) is 22.8 Å². The summed E-state index contributed by atoms with van der Waals surface area (Å²) in [5, 5.41) is 2.74. The molecule has 0 radical (unpaired) electrons. The fourth-order valence-corrected chi connectivity index (χ4v) is 4.48. The van der Waals surface area contributed by atoms with E-state index in [9.17, 15) is 14.4 Å². The van der Waals surface area contributed by atoms with Crippen LogP contribution >= 0.6 is 0 Å². The number of hydrogen-bond acceptors (Lipinski definition) is 8. The van der Waals surface area contributed by atoms with Crippen LogP contribution in [0.4, 0.5) is 4.79 Å². The summed E-state index contributed by atoms with van der Waals surface area (Å²) in [7, 11) is -1.83. The van der Waals surface area contributed by atoms with E-state index in [1.54, 1.807) is 68.5 Å². The highest BCUT2D eigenvalue weighted by Crippen LogP contribution is 2.36. The van der Waals surface area contributed by atoms with E-state index in [-0.39, 0.29) is 17.9 Å². The van der Waals surface area contributed by atoms with Crippen LogP contribution in [0.15, 0.2) is 24.4 Å². The van der Waals surface area contributed by atoms with Crippen LogP contribution in [0.2, 0.25) is 18.1 Å². The predicted octanol–water partition coefficient (Wildman–Crippen LogP) is 7.24. The fourth-order valence-electron chi connectivity index (χ4n) is 3.53. The van der Waals surface area contributed by atoms with Crippen LogP contribution in [-0.4, -0.2) is 60.8 Å². The second kappa shape index (κ2) is 14.8. The summed E-state index contributed by atoms with van der Waals surface area (Å²) in [5.41, 5.74) is -0.776. The number of carbonyl (C=O) groups excluding carboxylic acids is 3. The molecule has 1 aromatic rings. The van der Waals surface area contributed by atoms with E-state index in [0.717, 1.165) is 5.56 Å². The zero-order chi connectivity index (χ0) is 33.4. The van der Waals surface area contributed by atoms with Crippen molar-refractivity contribution in [2.75, 3.05) is 6.61 Å². The standard InChI is InChI=1S/C33H56N2O7Si/c1-30(2,3)40-27(36)24(21-26(28(37)41-31(4,5)6)35-29(38)42-32(7,8)9)20-25-18-17-23(22-34-25)16-15-19-39-43(13,14)33(10,11)12/h15-18,22,24,26H,19-21H2,1-14H3,(H,35,38)/b16-15+/t24-,26-/m0/s1. The molecule has 0 aromatic carbocycles. The third kappa shape index (κ3) is 15.5. The molecule has 2 atom stereocenters. The molecule has 10 heteroatoms. The minimum Gasteiger partial charge on any atom is -0.460 e. The fraction of sp³-hybridized carbons (Fsp3) is 0.697. The molecule has 1 aromatic heterocycles. The molecule has 0 unspecified atom stereocenters. The van der Waals surface area contributed by atoms with E-state index in [1.165, 1.54) is 0 Å². The van der Waals surface area contributed by atoms with Crippen LogP contribution < -0.4 is 5.32 Å². The van der Waals surface area contributed by atoms with E-state index in [4.69, 9.17) is 18.6 Å². The van der Waals surface area contributed by atoms with Crippen molar-refractivity contribution in [1.29, 1.82) is 0 Å². The van der Waals surface area contributed by atoms with Gasteiger partial charge in [0.25, 0.3) is 0 Å². The zero-order valence-electron chi connectivity index (χ0n) is 29.0. The number of esters is 2. The summed E-state index contributed by atoms with van der Waals surface area (Å²) in [6.45, 7) is 27.3. The molecule has 0 spiro atoms. The lowest BCUT2D eigenvalue weighted by Gasteiger charge is -2.35. The normalized spacial score (nSPS) is 14.7. The number of amides is 1. The third-order valence-corrected chi connectivity index (χ3v) is 11.1. The van der Waals surface area contributed by atoms with Crippen LogP contribution in [0.25, 0.3) is 6.08 Å². The molecule has 0 fully saturated rings. The summed E-state index contributed by atoms with van der Waals surface area (Å²) in [4.78, 5) is 43.7. The maximum atomic E-state index is 13.3. The van der Waals surface area contributed by atoms with E-state index in [1.807, 2.05) is 24.3 Å². The van der Waals surface area contributed by atoms with Crippen molar-refractivity contribution in [3.63, 3.8) is 0 Å². The second-order valence-electron chi connectivity index (χ2n) is 15.5. The van der Waals surface area contributed by atoms with Gasteiger partial charge in [0, 0.05) is 18.3 Å². The highest BCUT2D eigenvalue weighted by Gasteiger charge is 2.37. The van der Waals surface area contributed by atoms with Crippen molar-refractivity contribution in [1.82, 2.24) is 10.3 Å². The number of alkyl carbamates (subject to hydrolysis) is 1. The molecule has 0 bridgehead atoms. The lowest BCUT2D eigenvalue weighted by molar-refractivity contribution is -0.162. The predicted molar refractivity (Wildman–Crippen MR) is 173 cm³/mol. The molecule has 1 amide bonds. The van der Waals surface area contributed by atoms with Crippen molar-refractivity contribution >= 4 is 32.4 Å². The second-order valence-corrected chi connectivity index (χ2v) is 20.3. The lowest BCUT2D eigenvalue weighted by atomic mass is 9.94. The number of carbonyl (C=O) groups is 3. The van der Waals surface area contributed by atoms with Crippen LogP contribution in [0, 0.1) is 5.92 Å². The molecule has 0 aliphatic rings. The summed E-state index contributed by atoms with van der Waals surface area (Å²) in [6, 6.07) is 2.62. The number of pyridine rings is 1. The van der Waals surface area contributed by atoms with Gasteiger partial charge in [-0.1, -0.05) is 39.0 Å². The van der Waals surface area contributed by atoms with Gasteiger partial charge < -0.3 is 24.0 Å². The average Bonchev–Trinajstić information content (AvgIpc) is 2.77. The molecule has 9 nitrogen and oxygen atoms in total. The average molecular weight is 621 g/mol. The molecular weight excluding hydrogens is 564 g/mol. The summed E-state index contributed by atoms with van der Waals surface area (Å²) >= 11 is 0. The topological polar surface area (TPSA) is 113 Å². The Hall–Kier alpha value is -2.72. The number of nitrogens with zero attached hydrogens (tertiary/aromatic N) is 1. The largest absolute Gasteiger partial charge is 0.460 e. The van der Waals surface area contributed by atoms with Gasteiger partial charge in [0.15, 0.2) is 8.32 Å². The van der Waals surface area contributed by atoms with Crippen molar-refractivity contribution < 1.29 is 33.0 Å². The van der Waals surface area contributed by atoms with Gasteiger partial charge in [-0.15, -0.1) is 0 Å². The number of nitrogens with one attached hydrogen (secondary N) is 1. The first kappa shape index (κ1) is 38.3. The van der Waals surface area contributed by atoms with Gasteiger partial charge in [0.2, 0.25) is 0 Å². The van der Waals surface area contributed by atoms with Crippen molar-refractivity contribution in [2.24, 2.45) is 5.92 Å². The van der Waals surface area contributed by atoms with Gasteiger partial charge in [-0.05, 0) is 98.5 Å². The maximum Gasteiger partial charge on any atom is 0.408 e. The Kier molecular flexibility index (Phi) is 13.2. The van der Waals surface area contributed by atoms with E-state index in [0.29, 0.717) is 12.3 Å². The number of hydrogen-bond donors (Lipinski definition) is 1. The Morgan fingerprint density at radius 3 is 1.84 bits per heavy atom. The molecule has 0 saturated carbocycles. The first-order valence-corrected chi connectivity index (χ1v) is 17.9. The van der Waals surface area contributed by atoms with E-state index in [2.05, 4.69) is 44.2 Å². The van der Waals surface area contributed by atoms with Gasteiger partial charge in [0.05, 0.1) is 12.5 Å². The number of aromatic nitrogens is 1. The van der Waals surface area contributed by atoms with E-state index >= 15 is 0 Å². The first-order valence-electron chi connectivity index (χ1n) is 15.0. The van der Waals surface area contributed by atoms with Crippen molar-refractivity contribution in [3.05, 3.63) is 35.7 Å². The van der Waals surface area contributed by atoms with Crippen LogP contribution in [0.1, 0.15) is 101 Å². The van der Waals surface area contributed by atoms with Gasteiger partial charge >= 0.3 is 18.0 Å². The minimum absolute atomic E-state index is 0.0583. The molecule has 0 aliphatic heterocycles. The maximum absolute atomic E-state index is 13.3. The molecule has 0 aliphatic carbocycles. The smallest absolute Gasteiger partial charge is 0.408 e. The third-order valence-electron chi connectivity index (χ3n) is 6.60. The molecule has 0 saturated heterocycles. The molecular formula is C33H56N2O7Si. The Morgan fingerprint density at radius 1 is 0.837 bits per heavy atom. The van der Waals surface area contributed by atoms with Crippen molar-refractivity contribution in [2.45, 2.75) is 137 Å². The molecule has 244 valence electrons. The summed E-state index contributed by atoms with van der Waals surface area (Å²) in [6.07, 6.45) is 5.03. The minimum atomic E-state index is -1.83. The molecule has 1 rings (SSSR count). The Bertz CT molecular complexity index is 1100. The molecule has 1 N–H and O–H groups in total. The zero-order valence-corrected chi connectivity index (χ0v) is 30.0. The summed E-state index contributed by atoms with van der Waals surface area (Å²) < 4.78 is 22.8. The highest BCUT2D eigenvalue weighted by atomic mass is 28.4. The van der Waals surface area contributed by atoms with Crippen molar-refractivity contribution in [3.8, 4) is 0 Å². The Labute approximate surface area is 260 Å². The molecule has 1 heterocycles. The van der Waals surface area contributed by atoms with Gasteiger partial charge in [-0.25, -0.2) is 9.59 Å². The van der Waals surface area contributed by atoms with Gasteiger partial charge in [-0.2, -0.15) is 0 Å². The van der Waals surface area contributed by atoms with E-state index < -0.39 is 55.1 Å². The SMILES string of the molecule is CC(C)(C)OC(=O)N[C@@H](C[C@H](Cc1ccc(/C=C/CO[Si](C)(C)C(C)(C)C)cn1)C(=O)OC(C)(C)C)C(=O)OC(C)(C)C. The summed E-state index contributed by atoms with van der Waals surface area (Å²) in [5.74, 6) is -1.96. The highest BCUT2D eigenvalue weighted by molar-refractivity contribution is 6.74. The van der Waals surface area contributed by atoms with Gasteiger partial charge in [-0.3, -0.25) is 9.78 Å². The van der Waals surface area contributed by atoms with Crippen LogP contribution in [0.3, 0.4) is 0 Å². The van der Waals surface area contributed by atoms with Crippen LogP contribution in [-0.2, 0) is 34.6 Å². The first-order chi connectivity index (χ1) is 19.3. The number of ether oxygens (including phenoxy) is 3.